The molecule has 3 amide bonds. The first-order chi connectivity index (χ1) is 5.57. The van der Waals surface area contributed by atoms with Gasteiger partial charge in [0, 0.05) is 6.42 Å². The number of hydrogen-bond acceptors (Lipinski definition) is 4. The van der Waals surface area contributed by atoms with Crippen molar-refractivity contribution in [3.05, 3.63) is 12.3 Å². The van der Waals surface area contributed by atoms with E-state index in [9.17, 15) is 9.59 Å². The molecule has 0 fully saturated rings. The zero-order chi connectivity index (χ0) is 9.56. The van der Waals surface area contributed by atoms with E-state index in [0.717, 1.165) is 0 Å². The number of rotatable bonds is 3. The van der Waals surface area contributed by atoms with Gasteiger partial charge in [-0.05, 0) is 6.20 Å². The van der Waals surface area contributed by atoms with Gasteiger partial charge >= 0.3 is 6.03 Å². The standard InChI is InChI=1S/C6H11N3O3/c7-3-1-2-4(10)5(11)9-6(8)12/h1,3-4,10H,2,7H2,(H3,8,9,11,12). The Labute approximate surface area is 69.2 Å². The fourth-order valence-electron chi connectivity index (χ4n) is 0.519. The quantitative estimate of drug-likeness (QED) is 0.411. The van der Waals surface area contributed by atoms with E-state index in [0.29, 0.717) is 0 Å². The highest BCUT2D eigenvalue weighted by molar-refractivity contribution is 5.95. The van der Waals surface area contributed by atoms with Crippen LogP contribution < -0.4 is 16.8 Å². The molecular formula is C6H11N3O3. The summed E-state index contributed by atoms with van der Waals surface area (Å²) in [6.07, 6.45) is 1.35. The van der Waals surface area contributed by atoms with Crippen molar-refractivity contribution in [2.75, 3.05) is 0 Å². The third-order valence-electron chi connectivity index (χ3n) is 1.04. The monoisotopic (exact) mass is 173 g/mol. The summed E-state index contributed by atoms with van der Waals surface area (Å²) in [5.74, 6) is -0.833. The van der Waals surface area contributed by atoms with E-state index in [1.165, 1.54) is 12.3 Å². The minimum atomic E-state index is -1.29. The Balaban J connectivity index is 3.84. The Bertz CT molecular complexity index is 202. The molecule has 0 heterocycles. The van der Waals surface area contributed by atoms with Gasteiger partial charge in [-0.15, -0.1) is 0 Å². The highest BCUT2D eigenvalue weighted by Gasteiger charge is 2.13. The van der Waals surface area contributed by atoms with Crippen molar-refractivity contribution in [2.24, 2.45) is 11.5 Å². The lowest BCUT2D eigenvalue weighted by molar-refractivity contribution is -0.127. The summed E-state index contributed by atoms with van der Waals surface area (Å²) in [6.45, 7) is 0. The number of urea groups is 1. The van der Waals surface area contributed by atoms with E-state index < -0.39 is 18.0 Å². The largest absolute Gasteiger partial charge is 0.405 e. The molecule has 6 nitrogen and oxygen atoms in total. The van der Waals surface area contributed by atoms with E-state index in [1.54, 1.807) is 5.32 Å². The molecule has 6 N–H and O–H groups in total. The van der Waals surface area contributed by atoms with E-state index in [-0.39, 0.29) is 6.42 Å². The Morgan fingerprint density at radius 1 is 1.58 bits per heavy atom. The van der Waals surface area contributed by atoms with Gasteiger partial charge in [-0.25, -0.2) is 4.79 Å². The van der Waals surface area contributed by atoms with Gasteiger partial charge in [-0.3, -0.25) is 10.1 Å². The number of primary amides is 1. The first kappa shape index (κ1) is 10.4. The van der Waals surface area contributed by atoms with Crippen LogP contribution in [0.3, 0.4) is 0 Å². The zero-order valence-electron chi connectivity index (χ0n) is 6.36. The molecule has 0 aliphatic carbocycles. The minimum Gasteiger partial charge on any atom is -0.405 e. The van der Waals surface area contributed by atoms with Crippen LogP contribution in [0.2, 0.25) is 0 Å². The molecule has 0 aromatic carbocycles. The predicted molar refractivity (Wildman–Crippen MR) is 41.7 cm³/mol. The number of aliphatic hydroxyl groups is 1. The number of aliphatic hydroxyl groups excluding tert-OH is 1. The summed E-state index contributed by atoms with van der Waals surface area (Å²) < 4.78 is 0. The van der Waals surface area contributed by atoms with Crippen LogP contribution in [0, 0.1) is 0 Å². The lowest BCUT2D eigenvalue weighted by Crippen LogP contribution is -2.41. The number of hydrogen-bond donors (Lipinski definition) is 4. The molecule has 0 bridgehead atoms. The Hall–Kier alpha value is -1.56. The molecule has 0 radical (unpaired) electrons. The molecule has 0 aliphatic heterocycles. The summed E-state index contributed by atoms with van der Waals surface area (Å²) in [7, 11) is 0. The van der Waals surface area contributed by atoms with Crippen molar-refractivity contribution in [1.29, 1.82) is 0 Å². The van der Waals surface area contributed by atoms with E-state index in [4.69, 9.17) is 10.8 Å². The van der Waals surface area contributed by atoms with Crippen LogP contribution >= 0.6 is 0 Å². The summed E-state index contributed by atoms with van der Waals surface area (Å²) in [6, 6.07) is -0.990. The average Bonchev–Trinajstić information content (AvgIpc) is 1.98. The van der Waals surface area contributed by atoms with Crippen LogP contribution in [0.4, 0.5) is 4.79 Å². The van der Waals surface area contributed by atoms with Crippen molar-refractivity contribution < 1.29 is 14.7 Å². The van der Waals surface area contributed by atoms with Gasteiger partial charge in [0.05, 0.1) is 0 Å². The van der Waals surface area contributed by atoms with Crippen molar-refractivity contribution in [3.8, 4) is 0 Å². The number of carbonyl (C=O) groups excluding carboxylic acids is 2. The average molecular weight is 173 g/mol. The second kappa shape index (κ2) is 5.14. The molecule has 0 aromatic rings. The lowest BCUT2D eigenvalue weighted by atomic mass is 10.2. The fraction of sp³-hybridized carbons (Fsp3) is 0.333. The molecule has 0 aromatic heterocycles. The van der Waals surface area contributed by atoms with Crippen LogP contribution in [0.25, 0.3) is 0 Å². The van der Waals surface area contributed by atoms with Crippen LogP contribution in [0.1, 0.15) is 6.42 Å². The molecule has 0 saturated heterocycles. The highest BCUT2D eigenvalue weighted by Crippen LogP contribution is 1.91. The van der Waals surface area contributed by atoms with Crippen LogP contribution in [-0.2, 0) is 4.79 Å². The van der Waals surface area contributed by atoms with E-state index >= 15 is 0 Å². The Morgan fingerprint density at radius 3 is 2.58 bits per heavy atom. The maximum atomic E-state index is 10.7. The maximum Gasteiger partial charge on any atom is 0.318 e. The topological polar surface area (TPSA) is 118 Å². The van der Waals surface area contributed by atoms with Crippen LogP contribution in [-0.4, -0.2) is 23.1 Å². The molecule has 68 valence electrons. The van der Waals surface area contributed by atoms with E-state index in [1.807, 2.05) is 0 Å². The Kier molecular flexibility index (Phi) is 4.47. The first-order valence-electron chi connectivity index (χ1n) is 3.23. The highest BCUT2D eigenvalue weighted by atomic mass is 16.3. The second-order valence-electron chi connectivity index (χ2n) is 2.03. The van der Waals surface area contributed by atoms with Crippen molar-refractivity contribution in [2.45, 2.75) is 12.5 Å². The third-order valence-corrected chi connectivity index (χ3v) is 1.04. The molecular weight excluding hydrogens is 162 g/mol. The molecule has 0 saturated carbocycles. The first-order valence-corrected chi connectivity index (χ1v) is 3.23. The molecule has 12 heavy (non-hydrogen) atoms. The van der Waals surface area contributed by atoms with Crippen molar-refractivity contribution in [3.63, 3.8) is 0 Å². The van der Waals surface area contributed by atoms with Gasteiger partial charge in [-0.1, -0.05) is 6.08 Å². The van der Waals surface area contributed by atoms with Gasteiger partial charge in [0.2, 0.25) is 0 Å². The van der Waals surface area contributed by atoms with Crippen molar-refractivity contribution >= 4 is 11.9 Å². The molecule has 0 spiro atoms. The van der Waals surface area contributed by atoms with Gasteiger partial charge in [0.25, 0.3) is 5.91 Å². The number of imide groups is 1. The Morgan fingerprint density at radius 2 is 2.17 bits per heavy atom. The van der Waals surface area contributed by atoms with Gasteiger partial charge in [-0.2, -0.15) is 0 Å². The molecule has 0 aliphatic rings. The minimum absolute atomic E-state index is 0.0512. The lowest BCUT2D eigenvalue weighted by Gasteiger charge is -2.05. The van der Waals surface area contributed by atoms with Gasteiger partial charge in [0.1, 0.15) is 6.10 Å². The molecule has 6 heteroatoms. The predicted octanol–water partition coefficient (Wildman–Crippen LogP) is -1.60. The molecule has 1 atom stereocenters. The summed E-state index contributed by atoms with van der Waals surface area (Å²) in [4.78, 5) is 20.8. The normalized spacial score (nSPS) is 12.8. The van der Waals surface area contributed by atoms with Crippen LogP contribution in [0.15, 0.2) is 12.3 Å². The number of nitrogens with one attached hydrogen (secondary N) is 1. The number of nitrogens with two attached hydrogens (primary N) is 2. The smallest absolute Gasteiger partial charge is 0.318 e. The van der Waals surface area contributed by atoms with Gasteiger partial charge < -0.3 is 16.6 Å². The van der Waals surface area contributed by atoms with Gasteiger partial charge in [0.15, 0.2) is 0 Å². The van der Waals surface area contributed by atoms with E-state index in [2.05, 4.69) is 5.73 Å². The van der Waals surface area contributed by atoms with Crippen molar-refractivity contribution in [1.82, 2.24) is 5.32 Å². The summed E-state index contributed by atoms with van der Waals surface area (Å²) in [5, 5.41) is 10.7. The summed E-state index contributed by atoms with van der Waals surface area (Å²) in [5.41, 5.74) is 9.60. The number of amides is 3. The number of carbonyl (C=O) groups is 2. The zero-order valence-corrected chi connectivity index (χ0v) is 6.36. The van der Waals surface area contributed by atoms with Crippen LogP contribution in [0.5, 0.6) is 0 Å². The summed E-state index contributed by atoms with van der Waals surface area (Å²) >= 11 is 0. The molecule has 1 unspecified atom stereocenters. The third kappa shape index (κ3) is 4.29. The SMILES string of the molecule is NC=CCC(O)C(=O)NC(N)=O. The second-order valence-corrected chi connectivity index (χ2v) is 2.03. The molecule has 0 rings (SSSR count). The maximum absolute atomic E-state index is 10.7. The fourth-order valence-corrected chi connectivity index (χ4v) is 0.519.